The number of hydrogen-bond donors (Lipinski definition) is 0. The Morgan fingerprint density at radius 1 is 1.00 bits per heavy atom. The van der Waals surface area contributed by atoms with Crippen LogP contribution in [0.4, 0.5) is 0 Å². The fourth-order valence-electron chi connectivity index (χ4n) is 8.79. The lowest BCUT2D eigenvalue weighted by molar-refractivity contribution is -0.148. The first-order chi connectivity index (χ1) is 21.9. The number of ketones is 4. The van der Waals surface area contributed by atoms with Crippen LogP contribution in [0.25, 0.3) is 0 Å². The Kier molecular flexibility index (Phi) is 11.5. The number of amides is 1. The number of nitrogens with zero attached hydrogens (tertiary/aromatic N) is 1. The zero-order valence-corrected chi connectivity index (χ0v) is 30.6. The van der Waals surface area contributed by atoms with E-state index in [0.29, 0.717) is 38.1 Å². The summed E-state index contributed by atoms with van der Waals surface area (Å²) < 4.78 is 25.4. The molecule has 0 aromatic heterocycles. The van der Waals surface area contributed by atoms with Crippen molar-refractivity contribution in [2.75, 3.05) is 18.1 Å². The van der Waals surface area contributed by atoms with E-state index < -0.39 is 50.1 Å². The molecule has 8 nitrogen and oxygen atoms in total. The molecule has 0 aromatic rings. The maximum atomic E-state index is 14.5. The summed E-state index contributed by atoms with van der Waals surface area (Å²) in [5.41, 5.74) is -1.27. The fourth-order valence-corrected chi connectivity index (χ4v) is 10.3. The maximum Gasteiger partial charge on any atom is 0.227 e. The van der Waals surface area contributed by atoms with Crippen molar-refractivity contribution >= 4 is 38.9 Å². The first-order valence-electron chi connectivity index (χ1n) is 18.1. The summed E-state index contributed by atoms with van der Waals surface area (Å²) >= 11 is 0. The Hall–Kier alpha value is -2.16. The molecule has 5 atom stereocenters. The van der Waals surface area contributed by atoms with Crippen LogP contribution in [0.15, 0.2) is 12.7 Å². The van der Waals surface area contributed by atoms with Crippen LogP contribution in [-0.2, 0) is 33.8 Å². The van der Waals surface area contributed by atoms with Crippen molar-refractivity contribution in [1.29, 1.82) is 0 Å². The molecule has 0 radical (unpaired) electrons. The topological polar surface area (TPSA) is 123 Å². The van der Waals surface area contributed by atoms with Gasteiger partial charge in [0.05, 0.1) is 11.8 Å². The van der Waals surface area contributed by atoms with Gasteiger partial charge in [-0.2, -0.15) is 0 Å². The van der Waals surface area contributed by atoms with Crippen LogP contribution >= 0.6 is 0 Å². The molecular formula is C38H59NO7S. The molecule has 1 saturated heterocycles. The Labute approximate surface area is 283 Å². The van der Waals surface area contributed by atoms with Gasteiger partial charge < -0.3 is 4.90 Å². The predicted molar refractivity (Wildman–Crippen MR) is 183 cm³/mol. The van der Waals surface area contributed by atoms with E-state index in [1.165, 1.54) is 0 Å². The summed E-state index contributed by atoms with van der Waals surface area (Å²) in [6.45, 7) is 15.8. The number of Topliss-reactive ketones (excluding diaryl/α,β-unsaturated/α-hetero) is 4. The number of fused-ring (bicyclic) bond motifs is 1. The van der Waals surface area contributed by atoms with Crippen molar-refractivity contribution in [3.8, 4) is 0 Å². The predicted octanol–water partition coefficient (Wildman–Crippen LogP) is 6.35. The van der Waals surface area contributed by atoms with Crippen molar-refractivity contribution < 1.29 is 32.4 Å². The number of likely N-dealkylation sites (tertiary alicyclic amines) is 1. The molecule has 264 valence electrons. The second kappa shape index (κ2) is 14.4. The molecule has 9 heteroatoms. The van der Waals surface area contributed by atoms with Crippen LogP contribution in [0.1, 0.15) is 125 Å². The second-order valence-electron chi connectivity index (χ2n) is 17.1. The Bertz CT molecular complexity index is 1350. The zero-order valence-electron chi connectivity index (χ0n) is 29.8. The van der Waals surface area contributed by atoms with Gasteiger partial charge in [-0.05, 0) is 59.7 Å². The van der Waals surface area contributed by atoms with Crippen molar-refractivity contribution in [3.63, 3.8) is 0 Å². The summed E-state index contributed by atoms with van der Waals surface area (Å²) in [4.78, 5) is 70.2. The van der Waals surface area contributed by atoms with Gasteiger partial charge in [0.1, 0.15) is 5.78 Å². The van der Waals surface area contributed by atoms with Crippen LogP contribution < -0.4 is 0 Å². The van der Waals surface area contributed by atoms with E-state index >= 15 is 0 Å². The second-order valence-corrected chi connectivity index (χ2v) is 19.5. The van der Waals surface area contributed by atoms with Gasteiger partial charge in [0.15, 0.2) is 21.4 Å². The average molecular weight is 674 g/mol. The number of rotatable bonds is 18. The maximum absolute atomic E-state index is 14.5. The monoisotopic (exact) mass is 673 g/mol. The van der Waals surface area contributed by atoms with Crippen LogP contribution in [0.5, 0.6) is 0 Å². The first kappa shape index (κ1) is 37.7. The Balaban J connectivity index is 1.54. The molecule has 0 bridgehead atoms. The highest BCUT2D eigenvalue weighted by atomic mass is 32.2. The van der Waals surface area contributed by atoms with Gasteiger partial charge in [0.2, 0.25) is 11.7 Å². The molecule has 47 heavy (non-hydrogen) atoms. The van der Waals surface area contributed by atoms with E-state index in [1.807, 2.05) is 20.8 Å². The van der Waals surface area contributed by atoms with Crippen molar-refractivity contribution in [2.24, 2.45) is 45.8 Å². The zero-order chi connectivity index (χ0) is 34.9. The minimum atomic E-state index is -3.28. The molecule has 1 heterocycles. The lowest BCUT2D eigenvalue weighted by Gasteiger charge is -2.39. The summed E-state index contributed by atoms with van der Waals surface area (Å²) in [7, 11) is -3.28. The molecule has 2 unspecified atom stereocenters. The third-order valence-electron chi connectivity index (χ3n) is 12.0. The normalized spacial score (nSPS) is 26.2. The highest BCUT2D eigenvalue weighted by Gasteiger charge is 2.69. The lowest BCUT2D eigenvalue weighted by Crippen LogP contribution is -2.51. The molecule has 4 aliphatic rings. The number of hydrogen-bond acceptors (Lipinski definition) is 7. The van der Waals surface area contributed by atoms with Crippen LogP contribution in [-0.4, -0.2) is 66.5 Å². The standard InChI is InChI=1S/C38H59NO7S/c1-8-10-14-30(41)34(43)26(19-25-15-16-25)20-31(42)33-32-29(37(32,6)7)23-39(33)35(44)28(36(3,4)5)21-27(40)22-38(17-12-11-13-18-38)24-47(45,46)9-2/h8,25-26,28-29,32-33H,1,9-24H2,2-7H3/t26?,28-,29?,32+,33-/m1/s1. The largest absolute Gasteiger partial charge is 0.332 e. The van der Waals surface area contributed by atoms with Gasteiger partial charge in [-0.3, -0.25) is 24.0 Å². The van der Waals surface area contributed by atoms with Crippen LogP contribution in [0.2, 0.25) is 0 Å². The van der Waals surface area contributed by atoms with E-state index in [0.717, 1.165) is 32.1 Å². The third-order valence-corrected chi connectivity index (χ3v) is 14.0. The van der Waals surface area contributed by atoms with E-state index in [4.69, 9.17) is 0 Å². The number of allylic oxidation sites excluding steroid dienone is 1. The molecule has 4 fully saturated rings. The van der Waals surface area contributed by atoms with Gasteiger partial charge in [0.25, 0.3) is 0 Å². The third kappa shape index (κ3) is 8.90. The summed E-state index contributed by atoms with van der Waals surface area (Å²) in [6, 6.07) is -0.681. The van der Waals surface area contributed by atoms with E-state index in [2.05, 4.69) is 20.4 Å². The van der Waals surface area contributed by atoms with Gasteiger partial charge in [0, 0.05) is 49.8 Å². The van der Waals surface area contributed by atoms with Crippen LogP contribution in [0.3, 0.4) is 0 Å². The van der Waals surface area contributed by atoms with Crippen LogP contribution in [0, 0.1) is 45.8 Å². The molecule has 3 aliphatic carbocycles. The molecule has 4 rings (SSSR count). The fraction of sp³-hybridized carbons (Fsp3) is 0.816. The van der Waals surface area contributed by atoms with Gasteiger partial charge in [-0.1, -0.05) is 79.7 Å². The molecule has 1 amide bonds. The minimum absolute atomic E-state index is 0.00693. The smallest absolute Gasteiger partial charge is 0.227 e. The van der Waals surface area contributed by atoms with Gasteiger partial charge in [-0.25, -0.2) is 8.42 Å². The van der Waals surface area contributed by atoms with E-state index in [1.54, 1.807) is 17.9 Å². The summed E-state index contributed by atoms with van der Waals surface area (Å²) in [5, 5.41) is 0. The molecule has 1 aliphatic heterocycles. The molecule has 0 aromatic carbocycles. The number of piperidine rings is 1. The van der Waals surface area contributed by atoms with Gasteiger partial charge in [-0.15, -0.1) is 6.58 Å². The number of sulfone groups is 1. The highest BCUT2D eigenvalue weighted by molar-refractivity contribution is 7.91. The van der Waals surface area contributed by atoms with Crippen molar-refractivity contribution in [2.45, 2.75) is 131 Å². The van der Waals surface area contributed by atoms with Gasteiger partial charge >= 0.3 is 0 Å². The highest BCUT2D eigenvalue weighted by Crippen LogP contribution is 2.65. The minimum Gasteiger partial charge on any atom is -0.332 e. The quantitative estimate of drug-likeness (QED) is 0.123. The molecular weight excluding hydrogens is 614 g/mol. The molecule has 0 N–H and O–H groups in total. The molecule has 0 spiro atoms. The van der Waals surface area contributed by atoms with Crippen molar-refractivity contribution in [3.05, 3.63) is 12.7 Å². The Morgan fingerprint density at radius 2 is 1.64 bits per heavy atom. The summed E-state index contributed by atoms with van der Waals surface area (Å²) in [6.07, 6.45) is 8.98. The van der Waals surface area contributed by atoms with E-state index in [9.17, 15) is 32.4 Å². The van der Waals surface area contributed by atoms with E-state index in [-0.39, 0.29) is 71.9 Å². The number of carbonyl (C=O) groups excluding carboxylic acids is 5. The average Bonchev–Trinajstić information content (AvgIpc) is 3.84. The number of carbonyl (C=O) groups is 5. The first-order valence-corrected chi connectivity index (χ1v) is 19.9. The Morgan fingerprint density at radius 3 is 2.19 bits per heavy atom. The lowest BCUT2D eigenvalue weighted by atomic mass is 9.70. The van der Waals surface area contributed by atoms with Crippen molar-refractivity contribution in [1.82, 2.24) is 4.90 Å². The summed E-state index contributed by atoms with van der Waals surface area (Å²) in [5.74, 6) is -2.18. The molecule has 3 saturated carbocycles. The SMILES string of the molecule is C=CCCC(=O)C(=O)C(CC(=O)[C@@H]1[C@@H]2C(CN1C(=O)[C@@H](CC(=O)CC1(CS(=O)(=O)CC)CCCCC1)C(C)(C)C)C2(C)C)CC1CC1.